The van der Waals surface area contributed by atoms with Crippen LogP contribution < -0.4 is 9.62 Å². The smallest absolute Gasteiger partial charge is 0.258 e. The molecule has 6 nitrogen and oxygen atoms in total. The first kappa shape index (κ1) is 19.1. The number of ether oxygens (including phenoxy) is 1. The molecule has 2 aliphatic rings. The van der Waals surface area contributed by atoms with Crippen LogP contribution in [-0.4, -0.2) is 39.6 Å². The Kier molecular flexibility index (Phi) is 5.23. The second kappa shape index (κ2) is 7.66. The maximum Gasteiger partial charge on any atom is 0.258 e. The quantitative estimate of drug-likeness (QED) is 0.837. The summed E-state index contributed by atoms with van der Waals surface area (Å²) < 4.78 is 33.4. The standard InChI is InChI=1S/C21H24N2O4S/c1-15-12-17-13-19(28(25,26)22-14-18-8-5-11-27-18)9-10-20(17)23(15)21(24)16-6-3-2-4-7-16/h2-4,6-7,9-10,13,15,18,22H,5,8,11-12,14H2,1H3/t15-,18-/m0/s1. The zero-order valence-electron chi connectivity index (χ0n) is 15.8. The Balaban J connectivity index is 1.55. The van der Waals surface area contributed by atoms with Crippen molar-refractivity contribution in [2.24, 2.45) is 0 Å². The molecule has 0 bridgehead atoms. The Morgan fingerprint density at radius 2 is 2.00 bits per heavy atom. The highest BCUT2D eigenvalue weighted by molar-refractivity contribution is 7.89. The fraction of sp³-hybridized carbons (Fsp3) is 0.381. The van der Waals surface area contributed by atoms with E-state index in [0.29, 0.717) is 18.6 Å². The molecule has 148 valence electrons. The SMILES string of the molecule is C[C@H]1Cc2cc(S(=O)(=O)NC[C@@H]3CCCO3)ccc2N1C(=O)c1ccccc1. The second-order valence-electron chi connectivity index (χ2n) is 7.37. The molecule has 1 saturated heterocycles. The first-order valence-electron chi connectivity index (χ1n) is 9.58. The van der Waals surface area contributed by atoms with Crippen LogP contribution in [0.25, 0.3) is 0 Å². The van der Waals surface area contributed by atoms with Gasteiger partial charge in [0.2, 0.25) is 10.0 Å². The molecule has 0 spiro atoms. The van der Waals surface area contributed by atoms with Gasteiger partial charge in [-0.2, -0.15) is 0 Å². The molecule has 0 unspecified atom stereocenters. The number of hydrogen-bond acceptors (Lipinski definition) is 4. The van der Waals surface area contributed by atoms with E-state index in [1.807, 2.05) is 25.1 Å². The molecule has 1 fully saturated rings. The number of fused-ring (bicyclic) bond motifs is 1. The van der Waals surface area contributed by atoms with Crippen LogP contribution in [0, 0.1) is 0 Å². The summed E-state index contributed by atoms with van der Waals surface area (Å²) in [6.07, 6.45) is 2.42. The molecule has 0 saturated carbocycles. The van der Waals surface area contributed by atoms with E-state index >= 15 is 0 Å². The molecule has 2 aromatic rings. The summed E-state index contributed by atoms with van der Waals surface area (Å²) in [6, 6.07) is 14.1. The third kappa shape index (κ3) is 3.70. The monoisotopic (exact) mass is 400 g/mol. The van der Waals surface area contributed by atoms with Gasteiger partial charge in [-0.3, -0.25) is 4.79 Å². The van der Waals surface area contributed by atoms with Gasteiger partial charge in [-0.15, -0.1) is 0 Å². The number of carbonyl (C=O) groups excluding carboxylic acids is 1. The molecular formula is C21H24N2O4S. The fourth-order valence-electron chi connectivity index (χ4n) is 3.90. The molecule has 0 aromatic heterocycles. The third-order valence-electron chi connectivity index (χ3n) is 5.34. The Labute approximate surface area is 165 Å². The minimum absolute atomic E-state index is 0.0273. The van der Waals surface area contributed by atoms with Gasteiger partial charge in [-0.05, 0) is 62.1 Å². The number of anilines is 1. The molecule has 2 heterocycles. The van der Waals surface area contributed by atoms with E-state index in [9.17, 15) is 13.2 Å². The van der Waals surface area contributed by atoms with E-state index in [4.69, 9.17) is 4.74 Å². The maximum absolute atomic E-state index is 12.9. The molecule has 2 aliphatic heterocycles. The van der Waals surface area contributed by atoms with Crippen LogP contribution >= 0.6 is 0 Å². The summed E-state index contributed by atoms with van der Waals surface area (Å²) in [5, 5.41) is 0. The summed E-state index contributed by atoms with van der Waals surface area (Å²) in [5.41, 5.74) is 2.27. The Morgan fingerprint density at radius 1 is 1.21 bits per heavy atom. The van der Waals surface area contributed by atoms with Crippen molar-refractivity contribution in [3.8, 4) is 0 Å². The van der Waals surface area contributed by atoms with Crippen molar-refractivity contribution in [2.45, 2.75) is 43.2 Å². The molecule has 0 radical (unpaired) electrons. The maximum atomic E-state index is 12.9. The number of rotatable bonds is 5. The molecule has 1 amide bonds. The molecule has 28 heavy (non-hydrogen) atoms. The van der Waals surface area contributed by atoms with Gasteiger partial charge < -0.3 is 9.64 Å². The highest BCUT2D eigenvalue weighted by Crippen LogP contribution is 2.35. The summed E-state index contributed by atoms with van der Waals surface area (Å²) >= 11 is 0. The minimum atomic E-state index is -3.61. The van der Waals surface area contributed by atoms with Crippen LogP contribution in [0.4, 0.5) is 5.69 Å². The van der Waals surface area contributed by atoms with Gasteiger partial charge in [0.1, 0.15) is 0 Å². The van der Waals surface area contributed by atoms with Gasteiger partial charge in [-0.1, -0.05) is 18.2 Å². The van der Waals surface area contributed by atoms with Crippen molar-refractivity contribution < 1.29 is 17.9 Å². The first-order valence-corrected chi connectivity index (χ1v) is 11.1. The van der Waals surface area contributed by atoms with E-state index in [2.05, 4.69) is 4.72 Å². The number of nitrogens with one attached hydrogen (secondary N) is 1. The number of sulfonamides is 1. The van der Waals surface area contributed by atoms with Crippen LogP contribution in [0.2, 0.25) is 0 Å². The van der Waals surface area contributed by atoms with Crippen LogP contribution in [0.1, 0.15) is 35.7 Å². The molecule has 2 atom stereocenters. The summed E-state index contributed by atoms with van der Waals surface area (Å²) in [4.78, 5) is 14.9. The first-order chi connectivity index (χ1) is 13.5. The van der Waals surface area contributed by atoms with Gasteiger partial charge in [0.05, 0.1) is 11.0 Å². The van der Waals surface area contributed by atoms with Crippen molar-refractivity contribution in [2.75, 3.05) is 18.1 Å². The minimum Gasteiger partial charge on any atom is -0.377 e. The number of nitrogens with zero attached hydrogens (tertiary/aromatic N) is 1. The van der Waals surface area contributed by atoms with Crippen molar-refractivity contribution >= 4 is 21.6 Å². The summed E-state index contributed by atoms with van der Waals surface area (Å²) in [7, 11) is -3.61. The van der Waals surface area contributed by atoms with E-state index < -0.39 is 10.0 Å². The molecule has 1 N–H and O–H groups in total. The predicted molar refractivity (Wildman–Crippen MR) is 107 cm³/mol. The lowest BCUT2D eigenvalue weighted by atomic mass is 10.1. The summed E-state index contributed by atoms with van der Waals surface area (Å²) in [5.74, 6) is -0.0704. The number of benzene rings is 2. The molecule has 4 rings (SSSR count). The lowest BCUT2D eigenvalue weighted by Crippen LogP contribution is -2.35. The van der Waals surface area contributed by atoms with Gasteiger partial charge in [0, 0.05) is 30.4 Å². The zero-order valence-corrected chi connectivity index (χ0v) is 16.6. The van der Waals surface area contributed by atoms with E-state index in [1.54, 1.807) is 35.2 Å². The average Bonchev–Trinajstić information content (AvgIpc) is 3.33. The molecule has 2 aromatic carbocycles. The van der Waals surface area contributed by atoms with E-state index in [-0.39, 0.29) is 29.5 Å². The average molecular weight is 401 g/mol. The predicted octanol–water partition coefficient (Wildman–Crippen LogP) is 2.74. The Hall–Kier alpha value is -2.22. The highest BCUT2D eigenvalue weighted by atomic mass is 32.2. The van der Waals surface area contributed by atoms with Gasteiger partial charge in [0.25, 0.3) is 5.91 Å². The highest BCUT2D eigenvalue weighted by Gasteiger charge is 2.32. The molecular weight excluding hydrogens is 376 g/mol. The Morgan fingerprint density at radius 3 is 2.71 bits per heavy atom. The van der Waals surface area contributed by atoms with Crippen molar-refractivity contribution in [1.82, 2.24) is 4.72 Å². The van der Waals surface area contributed by atoms with E-state index in [1.165, 1.54) is 0 Å². The van der Waals surface area contributed by atoms with Gasteiger partial charge in [0.15, 0.2) is 0 Å². The van der Waals surface area contributed by atoms with Crippen LogP contribution in [0.15, 0.2) is 53.4 Å². The topological polar surface area (TPSA) is 75.7 Å². The lowest BCUT2D eigenvalue weighted by molar-refractivity contribution is 0.0981. The van der Waals surface area contributed by atoms with Crippen molar-refractivity contribution in [1.29, 1.82) is 0 Å². The fourth-order valence-corrected chi connectivity index (χ4v) is 5.01. The van der Waals surface area contributed by atoms with Gasteiger partial charge >= 0.3 is 0 Å². The molecule has 7 heteroatoms. The van der Waals surface area contributed by atoms with Crippen molar-refractivity contribution in [3.63, 3.8) is 0 Å². The largest absolute Gasteiger partial charge is 0.377 e. The van der Waals surface area contributed by atoms with Crippen LogP contribution in [-0.2, 0) is 21.2 Å². The van der Waals surface area contributed by atoms with Crippen LogP contribution in [0.5, 0.6) is 0 Å². The zero-order chi connectivity index (χ0) is 19.7. The number of amides is 1. The Bertz CT molecular complexity index is 969. The number of hydrogen-bond donors (Lipinski definition) is 1. The van der Waals surface area contributed by atoms with Gasteiger partial charge in [-0.25, -0.2) is 13.1 Å². The number of carbonyl (C=O) groups is 1. The lowest BCUT2D eigenvalue weighted by Gasteiger charge is -2.23. The second-order valence-corrected chi connectivity index (χ2v) is 9.14. The normalized spacial score (nSPS) is 21.7. The van der Waals surface area contributed by atoms with Crippen LogP contribution in [0.3, 0.4) is 0 Å². The third-order valence-corrected chi connectivity index (χ3v) is 6.76. The van der Waals surface area contributed by atoms with Crippen molar-refractivity contribution in [3.05, 3.63) is 59.7 Å². The molecule has 0 aliphatic carbocycles. The summed E-state index contributed by atoms with van der Waals surface area (Å²) in [6.45, 7) is 2.95. The van der Waals surface area contributed by atoms with E-state index in [0.717, 1.165) is 24.1 Å².